The molecule has 1 aromatic heterocycles. The average Bonchev–Trinajstić information content (AvgIpc) is 2.44. The van der Waals surface area contributed by atoms with E-state index in [1.165, 1.54) is 6.07 Å². The van der Waals surface area contributed by atoms with Gasteiger partial charge >= 0.3 is 0 Å². The molecule has 2 aromatic rings. The summed E-state index contributed by atoms with van der Waals surface area (Å²) in [6.07, 6.45) is 2.21. The molecular formula is C15H13F3N2O. The van der Waals surface area contributed by atoms with Gasteiger partial charge in [-0.3, -0.25) is 4.79 Å². The smallest absolute Gasteiger partial charge is 0.248 e. The van der Waals surface area contributed by atoms with Crippen molar-refractivity contribution in [3.05, 3.63) is 63.3 Å². The average molecular weight is 294 g/mol. The van der Waals surface area contributed by atoms with Crippen LogP contribution in [0.25, 0.3) is 0 Å². The van der Waals surface area contributed by atoms with Gasteiger partial charge in [-0.05, 0) is 30.9 Å². The predicted molar refractivity (Wildman–Crippen MR) is 72.7 cm³/mol. The monoisotopic (exact) mass is 294 g/mol. The van der Waals surface area contributed by atoms with Crippen molar-refractivity contribution in [1.82, 2.24) is 4.98 Å². The van der Waals surface area contributed by atoms with Crippen molar-refractivity contribution < 1.29 is 13.2 Å². The van der Waals surface area contributed by atoms with Crippen molar-refractivity contribution in [3.63, 3.8) is 0 Å². The number of aromatic nitrogens is 1. The lowest BCUT2D eigenvalue weighted by Gasteiger charge is -2.27. The number of fused-ring (bicyclic) bond motifs is 1. The van der Waals surface area contributed by atoms with Gasteiger partial charge in [0.25, 0.3) is 0 Å². The van der Waals surface area contributed by atoms with Crippen LogP contribution in [0.4, 0.5) is 18.9 Å². The van der Waals surface area contributed by atoms with Crippen LogP contribution in [-0.4, -0.2) is 4.98 Å². The Kier molecular flexibility index (Phi) is 3.45. The summed E-state index contributed by atoms with van der Waals surface area (Å²) in [7, 11) is 0. The van der Waals surface area contributed by atoms with E-state index in [4.69, 9.17) is 0 Å². The summed E-state index contributed by atoms with van der Waals surface area (Å²) < 4.78 is 40.2. The lowest BCUT2D eigenvalue weighted by atomic mass is 9.91. The van der Waals surface area contributed by atoms with Crippen molar-refractivity contribution in [3.8, 4) is 0 Å². The van der Waals surface area contributed by atoms with Gasteiger partial charge in [0.15, 0.2) is 11.6 Å². The van der Waals surface area contributed by atoms with Crippen molar-refractivity contribution in [2.24, 2.45) is 0 Å². The molecule has 3 nitrogen and oxygen atoms in total. The molecule has 0 fully saturated rings. The molecule has 0 radical (unpaired) electrons. The Hall–Kier alpha value is -2.24. The van der Waals surface area contributed by atoms with Gasteiger partial charge in [0, 0.05) is 23.9 Å². The summed E-state index contributed by atoms with van der Waals surface area (Å²) in [4.78, 5) is 14.1. The maximum Gasteiger partial charge on any atom is 0.248 e. The van der Waals surface area contributed by atoms with Crippen LogP contribution >= 0.6 is 0 Å². The molecule has 1 aromatic carbocycles. The number of hydrogen-bond acceptors (Lipinski definition) is 2. The Labute approximate surface area is 118 Å². The molecule has 110 valence electrons. The molecule has 1 heterocycles. The van der Waals surface area contributed by atoms with Gasteiger partial charge in [-0.2, -0.15) is 0 Å². The van der Waals surface area contributed by atoms with E-state index < -0.39 is 17.5 Å². The Morgan fingerprint density at radius 1 is 1.19 bits per heavy atom. The third-order valence-corrected chi connectivity index (χ3v) is 3.65. The van der Waals surface area contributed by atoms with E-state index >= 15 is 0 Å². The zero-order valence-corrected chi connectivity index (χ0v) is 11.1. The van der Waals surface area contributed by atoms with Crippen LogP contribution in [0.15, 0.2) is 29.1 Å². The number of aromatic amines is 1. The zero-order valence-electron chi connectivity index (χ0n) is 11.1. The van der Waals surface area contributed by atoms with Crippen LogP contribution in [0.3, 0.4) is 0 Å². The number of anilines is 1. The first kappa shape index (κ1) is 13.7. The Morgan fingerprint density at radius 2 is 2.00 bits per heavy atom. The fraction of sp³-hybridized carbons (Fsp3) is 0.267. The summed E-state index contributed by atoms with van der Waals surface area (Å²) in [5.41, 5.74) is 1.20. The number of rotatable bonds is 2. The topological polar surface area (TPSA) is 44.9 Å². The third-order valence-electron chi connectivity index (χ3n) is 3.65. The maximum atomic E-state index is 13.7. The van der Waals surface area contributed by atoms with E-state index in [1.807, 2.05) is 0 Å². The highest BCUT2D eigenvalue weighted by molar-refractivity contribution is 5.48. The van der Waals surface area contributed by atoms with Gasteiger partial charge in [-0.15, -0.1) is 0 Å². The molecule has 6 heteroatoms. The Bertz CT molecular complexity index is 742. The molecule has 3 rings (SSSR count). The summed E-state index contributed by atoms with van der Waals surface area (Å²) in [6.45, 7) is 0. The molecule has 1 atom stereocenters. The second-order valence-electron chi connectivity index (χ2n) is 5.09. The first-order valence-corrected chi connectivity index (χ1v) is 6.68. The first-order chi connectivity index (χ1) is 10.0. The highest BCUT2D eigenvalue weighted by Crippen LogP contribution is 2.32. The van der Waals surface area contributed by atoms with Gasteiger partial charge in [0.05, 0.1) is 11.7 Å². The lowest BCUT2D eigenvalue weighted by Crippen LogP contribution is -2.22. The fourth-order valence-electron chi connectivity index (χ4n) is 2.70. The molecule has 0 spiro atoms. The minimum Gasteiger partial charge on any atom is -0.376 e. The summed E-state index contributed by atoms with van der Waals surface area (Å²) >= 11 is 0. The van der Waals surface area contributed by atoms with Crippen LogP contribution < -0.4 is 10.9 Å². The van der Waals surface area contributed by atoms with Crippen molar-refractivity contribution in [2.45, 2.75) is 25.3 Å². The number of halogens is 3. The van der Waals surface area contributed by atoms with E-state index in [0.717, 1.165) is 30.2 Å². The van der Waals surface area contributed by atoms with E-state index in [9.17, 15) is 18.0 Å². The number of aryl methyl sites for hydroxylation is 1. The highest BCUT2D eigenvalue weighted by Gasteiger charge is 2.22. The second-order valence-corrected chi connectivity index (χ2v) is 5.09. The molecule has 0 amide bonds. The molecule has 2 N–H and O–H groups in total. The molecule has 0 aliphatic heterocycles. The van der Waals surface area contributed by atoms with E-state index in [1.54, 1.807) is 6.07 Å². The maximum absolute atomic E-state index is 13.7. The van der Waals surface area contributed by atoms with E-state index in [2.05, 4.69) is 10.3 Å². The fourth-order valence-corrected chi connectivity index (χ4v) is 2.70. The van der Waals surface area contributed by atoms with Gasteiger partial charge < -0.3 is 10.3 Å². The largest absolute Gasteiger partial charge is 0.376 e. The van der Waals surface area contributed by atoms with Gasteiger partial charge in [-0.1, -0.05) is 0 Å². The predicted octanol–water partition coefficient (Wildman–Crippen LogP) is 3.28. The standard InChI is InChI=1S/C15H13F3N2O/c16-8-6-10(17)15(18)13(7-8)19-11-2-1-3-12-9(11)4-5-14(21)20-12/h4-7,11,19H,1-3H2,(H,20,21). The summed E-state index contributed by atoms with van der Waals surface area (Å²) in [6, 6.07) is 4.20. The molecule has 21 heavy (non-hydrogen) atoms. The van der Waals surface area contributed by atoms with Crippen molar-refractivity contribution in [1.29, 1.82) is 0 Å². The second kappa shape index (κ2) is 5.27. The van der Waals surface area contributed by atoms with E-state index in [0.29, 0.717) is 12.5 Å². The van der Waals surface area contributed by atoms with Gasteiger partial charge in [0.1, 0.15) is 5.82 Å². The van der Waals surface area contributed by atoms with Crippen LogP contribution in [0, 0.1) is 17.5 Å². The molecular weight excluding hydrogens is 281 g/mol. The highest BCUT2D eigenvalue weighted by atomic mass is 19.2. The number of hydrogen-bond donors (Lipinski definition) is 2. The zero-order chi connectivity index (χ0) is 15.0. The SMILES string of the molecule is O=c1ccc2c([nH]1)CCCC2Nc1cc(F)cc(F)c1F. The van der Waals surface area contributed by atoms with Crippen molar-refractivity contribution >= 4 is 5.69 Å². The molecule has 0 saturated carbocycles. The molecule has 1 aliphatic carbocycles. The number of nitrogens with one attached hydrogen (secondary N) is 2. The Morgan fingerprint density at radius 3 is 2.81 bits per heavy atom. The van der Waals surface area contributed by atoms with Crippen LogP contribution in [0.2, 0.25) is 0 Å². The van der Waals surface area contributed by atoms with Crippen molar-refractivity contribution in [2.75, 3.05) is 5.32 Å². The Balaban J connectivity index is 1.96. The van der Waals surface area contributed by atoms with Crippen LogP contribution in [-0.2, 0) is 6.42 Å². The van der Waals surface area contributed by atoms with E-state index in [-0.39, 0.29) is 17.3 Å². The minimum atomic E-state index is -1.23. The normalized spacial score (nSPS) is 17.4. The van der Waals surface area contributed by atoms with Crippen LogP contribution in [0.1, 0.15) is 30.1 Å². The van der Waals surface area contributed by atoms with Crippen LogP contribution in [0.5, 0.6) is 0 Å². The number of H-pyrrole nitrogens is 1. The molecule has 0 saturated heterocycles. The lowest BCUT2D eigenvalue weighted by molar-refractivity contribution is 0.493. The minimum absolute atomic E-state index is 0.197. The van der Waals surface area contributed by atoms with Gasteiger partial charge in [-0.25, -0.2) is 13.2 Å². The molecule has 0 bridgehead atoms. The molecule has 1 unspecified atom stereocenters. The quantitative estimate of drug-likeness (QED) is 0.835. The number of benzene rings is 1. The van der Waals surface area contributed by atoms with Gasteiger partial charge in [0.2, 0.25) is 5.56 Å². The summed E-state index contributed by atoms with van der Waals surface area (Å²) in [5.74, 6) is -3.17. The molecule has 1 aliphatic rings. The first-order valence-electron chi connectivity index (χ1n) is 6.68. The summed E-state index contributed by atoms with van der Waals surface area (Å²) in [5, 5.41) is 2.83. The third kappa shape index (κ3) is 2.66. The number of pyridine rings is 1.